The van der Waals surface area contributed by atoms with Crippen LogP contribution in [0.1, 0.15) is 79.1 Å². The first-order valence-corrected chi connectivity index (χ1v) is 7.67. The van der Waals surface area contributed by atoms with E-state index in [-0.39, 0.29) is 12.0 Å². The van der Waals surface area contributed by atoms with Crippen LogP contribution in [0, 0.1) is 11.8 Å². The second-order valence-corrected chi connectivity index (χ2v) is 5.97. The number of aliphatic hydroxyl groups is 1. The molecule has 0 aromatic rings. The molecule has 0 aromatic heterocycles. The largest absolute Gasteiger partial charge is 0.393 e. The molecule has 0 spiro atoms. The van der Waals surface area contributed by atoms with Crippen molar-refractivity contribution in [2.45, 2.75) is 85.2 Å². The zero-order chi connectivity index (χ0) is 14.0. The Morgan fingerprint density at radius 1 is 1.00 bits per heavy atom. The molecule has 108 valence electrons. The average molecular weight is 256 g/mol. The number of Topliss-reactive ketones (excluding diaryl/α,β-unsaturated/α-hetero) is 1. The standard InChI is InChI=1S/C16H32O2/c1-5-6-7-8-9-10-13(2)11-16(18)12-14(3)15(4)17/h13-15,17H,5-12H2,1-4H3/t13-,14-,15-/m1/s1. The summed E-state index contributed by atoms with van der Waals surface area (Å²) < 4.78 is 0. The molecule has 0 rings (SSSR count). The normalized spacial score (nSPS) is 16.3. The van der Waals surface area contributed by atoms with Gasteiger partial charge in [-0.3, -0.25) is 4.79 Å². The molecule has 0 saturated heterocycles. The van der Waals surface area contributed by atoms with Crippen molar-refractivity contribution < 1.29 is 9.90 Å². The van der Waals surface area contributed by atoms with E-state index in [2.05, 4.69) is 13.8 Å². The maximum absolute atomic E-state index is 11.8. The van der Waals surface area contributed by atoms with Crippen molar-refractivity contribution >= 4 is 5.78 Å². The number of ketones is 1. The number of hydrogen-bond donors (Lipinski definition) is 1. The minimum Gasteiger partial charge on any atom is -0.393 e. The number of rotatable bonds is 11. The van der Waals surface area contributed by atoms with E-state index in [0.29, 0.717) is 24.5 Å². The van der Waals surface area contributed by atoms with Crippen LogP contribution in [0.4, 0.5) is 0 Å². The zero-order valence-electron chi connectivity index (χ0n) is 12.7. The first-order chi connectivity index (χ1) is 8.47. The molecule has 0 aromatic carbocycles. The fraction of sp³-hybridized carbons (Fsp3) is 0.938. The van der Waals surface area contributed by atoms with Crippen molar-refractivity contribution in [2.24, 2.45) is 11.8 Å². The molecular formula is C16H32O2. The van der Waals surface area contributed by atoms with Crippen LogP contribution < -0.4 is 0 Å². The molecule has 0 radical (unpaired) electrons. The highest BCUT2D eigenvalue weighted by atomic mass is 16.3. The molecule has 0 fully saturated rings. The molecule has 0 aliphatic carbocycles. The molecule has 0 aliphatic rings. The van der Waals surface area contributed by atoms with Gasteiger partial charge < -0.3 is 5.11 Å². The first kappa shape index (κ1) is 17.6. The maximum Gasteiger partial charge on any atom is 0.133 e. The van der Waals surface area contributed by atoms with E-state index in [0.717, 1.165) is 0 Å². The molecule has 3 atom stereocenters. The van der Waals surface area contributed by atoms with E-state index in [1.807, 2.05) is 6.92 Å². The SMILES string of the molecule is CCCCCCC[C@@H](C)CC(=O)C[C@@H](C)[C@@H](C)O. The van der Waals surface area contributed by atoms with Crippen LogP contribution in [0.2, 0.25) is 0 Å². The van der Waals surface area contributed by atoms with E-state index in [9.17, 15) is 9.90 Å². The highest BCUT2D eigenvalue weighted by Gasteiger charge is 2.15. The summed E-state index contributed by atoms with van der Waals surface area (Å²) in [5, 5.41) is 9.38. The lowest BCUT2D eigenvalue weighted by Gasteiger charge is -2.15. The Morgan fingerprint density at radius 3 is 2.17 bits per heavy atom. The van der Waals surface area contributed by atoms with Crippen molar-refractivity contribution in [2.75, 3.05) is 0 Å². The molecular weight excluding hydrogens is 224 g/mol. The number of unbranched alkanes of at least 4 members (excludes halogenated alkanes) is 4. The first-order valence-electron chi connectivity index (χ1n) is 7.67. The van der Waals surface area contributed by atoms with Crippen molar-refractivity contribution in [3.8, 4) is 0 Å². The van der Waals surface area contributed by atoms with E-state index >= 15 is 0 Å². The summed E-state index contributed by atoms with van der Waals surface area (Å²) >= 11 is 0. The van der Waals surface area contributed by atoms with Crippen LogP contribution in [-0.2, 0) is 4.79 Å². The quantitative estimate of drug-likeness (QED) is 0.558. The van der Waals surface area contributed by atoms with Gasteiger partial charge >= 0.3 is 0 Å². The minimum absolute atomic E-state index is 0.0919. The summed E-state index contributed by atoms with van der Waals surface area (Å²) in [4.78, 5) is 11.8. The molecule has 0 heterocycles. The molecule has 0 bridgehead atoms. The Bertz CT molecular complexity index is 211. The average Bonchev–Trinajstić information content (AvgIpc) is 2.28. The van der Waals surface area contributed by atoms with Crippen LogP contribution in [0.5, 0.6) is 0 Å². The second kappa shape index (κ2) is 10.5. The van der Waals surface area contributed by atoms with Crippen LogP contribution in [0.15, 0.2) is 0 Å². The van der Waals surface area contributed by atoms with Gasteiger partial charge in [0.25, 0.3) is 0 Å². The van der Waals surface area contributed by atoms with Crippen molar-refractivity contribution in [1.82, 2.24) is 0 Å². The summed E-state index contributed by atoms with van der Waals surface area (Å²) in [5.41, 5.74) is 0. The summed E-state index contributed by atoms with van der Waals surface area (Å²) in [5.74, 6) is 0.902. The lowest BCUT2D eigenvalue weighted by atomic mass is 9.92. The zero-order valence-corrected chi connectivity index (χ0v) is 12.7. The summed E-state index contributed by atoms with van der Waals surface area (Å²) in [7, 11) is 0. The number of carbonyl (C=O) groups is 1. The molecule has 2 nitrogen and oxygen atoms in total. The molecule has 0 amide bonds. The third-order valence-corrected chi connectivity index (χ3v) is 3.75. The van der Waals surface area contributed by atoms with Gasteiger partial charge in [-0.25, -0.2) is 0 Å². The van der Waals surface area contributed by atoms with Gasteiger partial charge in [-0.05, 0) is 18.8 Å². The Kier molecular flexibility index (Phi) is 10.3. The third-order valence-electron chi connectivity index (χ3n) is 3.75. The molecule has 1 N–H and O–H groups in total. The van der Waals surface area contributed by atoms with E-state index in [1.54, 1.807) is 6.92 Å². The molecule has 0 saturated carbocycles. The molecule has 0 unspecified atom stereocenters. The number of aliphatic hydroxyl groups excluding tert-OH is 1. The van der Waals surface area contributed by atoms with Crippen LogP contribution >= 0.6 is 0 Å². The van der Waals surface area contributed by atoms with Gasteiger partial charge in [0, 0.05) is 12.8 Å². The lowest BCUT2D eigenvalue weighted by Crippen LogP contribution is -2.18. The molecule has 18 heavy (non-hydrogen) atoms. The predicted octanol–water partition coefficient (Wildman–Crippen LogP) is 4.35. The van der Waals surface area contributed by atoms with Gasteiger partial charge in [0.15, 0.2) is 0 Å². The fourth-order valence-electron chi connectivity index (χ4n) is 2.20. The van der Waals surface area contributed by atoms with Crippen LogP contribution in [-0.4, -0.2) is 17.0 Å². The summed E-state index contributed by atoms with van der Waals surface area (Å²) in [6.07, 6.45) is 8.50. The van der Waals surface area contributed by atoms with Gasteiger partial charge in [0.05, 0.1) is 6.10 Å². The van der Waals surface area contributed by atoms with Crippen molar-refractivity contribution in [3.63, 3.8) is 0 Å². The van der Waals surface area contributed by atoms with Crippen LogP contribution in [0.25, 0.3) is 0 Å². The van der Waals surface area contributed by atoms with E-state index in [4.69, 9.17) is 0 Å². The van der Waals surface area contributed by atoms with Crippen molar-refractivity contribution in [3.05, 3.63) is 0 Å². The monoisotopic (exact) mass is 256 g/mol. The third kappa shape index (κ3) is 9.64. The maximum atomic E-state index is 11.8. The second-order valence-electron chi connectivity index (χ2n) is 5.97. The number of hydrogen-bond acceptors (Lipinski definition) is 2. The molecule has 2 heteroatoms. The Labute approximate surface area is 113 Å². The summed E-state index contributed by atoms with van der Waals surface area (Å²) in [6.45, 7) is 8.10. The molecule has 0 aliphatic heterocycles. The van der Waals surface area contributed by atoms with Crippen LogP contribution in [0.3, 0.4) is 0 Å². The van der Waals surface area contributed by atoms with Gasteiger partial charge in [-0.2, -0.15) is 0 Å². The minimum atomic E-state index is -0.377. The van der Waals surface area contributed by atoms with Gasteiger partial charge in [-0.1, -0.05) is 59.3 Å². The van der Waals surface area contributed by atoms with Gasteiger partial charge in [0.2, 0.25) is 0 Å². The smallest absolute Gasteiger partial charge is 0.133 e. The Hall–Kier alpha value is -0.370. The van der Waals surface area contributed by atoms with E-state index in [1.165, 1.54) is 38.5 Å². The van der Waals surface area contributed by atoms with Crippen molar-refractivity contribution in [1.29, 1.82) is 0 Å². The number of carbonyl (C=O) groups excluding carboxylic acids is 1. The van der Waals surface area contributed by atoms with Gasteiger partial charge in [0.1, 0.15) is 5.78 Å². The Balaban J connectivity index is 3.61. The highest BCUT2D eigenvalue weighted by molar-refractivity contribution is 5.78. The van der Waals surface area contributed by atoms with E-state index < -0.39 is 0 Å². The fourth-order valence-corrected chi connectivity index (χ4v) is 2.20. The summed E-state index contributed by atoms with van der Waals surface area (Å²) in [6, 6.07) is 0. The topological polar surface area (TPSA) is 37.3 Å². The predicted molar refractivity (Wildman–Crippen MR) is 77.6 cm³/mol. The highest BCUT2D eigenvalue weighted by Crippen LogP contribution is 2.17. The lowest BCUT2D eigenvalue weighted by molar-refractivity contribution is -0.121. The van der Waals surface area contributed by atoms with Gasteiger partial charge in [-0.15, -0.1) is 0 Å². The Morgan fingerprint density at radius 2 is 1.61 bits per heavy atom.